The molecule has 1 aromatic heterocycles. The van der Waals surface area contributed by atoms with Crippen LogP contribution in [0.4, 0.5) is 11.4 Å². The predicted molar refractivity (Wildman–Crippen MR) is 84.0 cm³/mol. The van der Waals surface area contributed by atoms with Gasteiger partial charge in [-0.25, -0.2) is 0 Å². The quantitative estimate of drug-likeness (QED) is 0.867. The molecule has 4 heteroatoms. The van der Waals surface area contributed by atoms with E-state index in [0.717, 1.165) is 23.5 Å². The summed E-state index contributed by atoms with van der Waals surface area (Å²) in [5.74, 6) is 0. The number of nitrogens with zero attached hydrogens (tertiary/aromatic N) is 2. The summed E-state index contributed by atoms with van der Waals surface area (Å²) >= 11 is 5.12. The summed E-state index contributed by atoms with van der Waals surface area (Å²) in [5.41, 5.74) is 9.97. The highest BCUT2D eigenvalue weighted by atomic mass is 32.1. The van der Waals surface area contributed by atoms with Crippen molar-refractivity contribution in [3.05, 3.63) is 53.9 Å². The molecule has 0 amide bonds. The molecule has 2 aromatic rings. The van der Waals surface area contributed by atoms with Gasteiger partial charge in [-0.05, 0) is 31.5 Å². The van der Waals surface area contributed by atoms with E-state index in [1.165, 1.54) is 5.56 Å². The van der Waals surface area contributed by atoms with Gasteiger partial charge >= 0.3 is 0 Å². The van der Waals surface area contributed by atoms with E-state index < -0.39 is 0 Å². The highest BCUT2D eigenvalue weighted by Gasteiger charge is 2.14. The van der Waals surface area contributed by atoms with Crippen molar-refractivity contribution in [3.8, 4) is 0 Å². The summed E-state index contributed by atoms with van der Waals surface area (Å²) in [4.78, 5) is 6.77. The Hall–Kier alpha value is -1.94. The van der Waals surface area contributed by atoms with Crippen LogP contribution in [0.3, 0.4) is 0 Å². The smallest absolute Gasteiger partial charge is 0.106 e. The van der Waals surface area contributed by atoms with Crippen LogP contribution in [-0.2, 0) is 0 Å². The van der Waals surface area contributed by atoms with E-state index in [0.29, 0.717) is 4.99 Å². The Morgan fingerprint density at radius 2 is 2.00 bits per heavy atom. The molecule has 0 saturated heterocycles. The molecule has 0 fully saturated rings. The largest absolute Gasteiger partial charge is 0.389 e. The predicted octanol–water partition coefficient (Wildman–Crippen LogP) is 3.18. The van der Waals surface area contributed by atoms with Gasteiger partial charge in [0, 0.05) is 24.0 Å². The minimum absolute atomic E-state index is 0.393. The minimum Gasteiger partial charge on any atom is -0.389 e. The van der Waals surface area contributed by atoms with E-state index in [-0.39, 0.29) is 0 Å². The van der Waals surface area contributed by atoms with Gasteiger partial charge in [-0.2, -0.15) is 0 Å². The fraction of sp³-hybridized carbons (Fsp3) is 0.200. The van der Waals surface area contributed by atoms with E-state index in [4.69, 9.17) is 18.0 Å². The number of hydrogen-bond donors (Lipinski definition) is 1. The third kappa shape index (κ3) is 2.74. The molecule has 98 valence electrons. The van der Waals surface area contributed by atoms with Crippen LogP contribution in [0, 0.1) is 6.92 Å². The lowest BCUT2D eigenvalue weighted by atomic mass is 10.1. The fourth-order valence-corrected chi connectivity index (χ4v) is 2.32. The van der Waals surface area contributed by atoms with Crippen molar-refractivity contribution in [2.24, 2.45) is 5.73 Å². The van der Waals surface area contributed by atoms with Crippen LogP contribution in [0.1, 0.15) is 18.1 Å². The molecule has 19 heavy (non-hydrogen) atoms. The van der Waals surface area contributed by atoms with Gasteiger partial charge in [0.05, 0.1) is 11.9 Å². The number of para-hydroxylation sites is 1. The van der Waals surface area contributed by atoms with E-state index in [1.807, 2.05) is 24.4 Å². The van der Waals surface area contributed by atoms with Gasteiger partial charge in [0.25, 0.3) is 0 Å². The van der Waals surface area contributed by atoms with Gasteiger partial charge in [0.1, 0.15) is 4.99 Å². The molecule has 0 aliphatic heterocycles. The maximum atomic E-state index is 5.80. The molecule has 2 rings (SSSR count). The minimum atomic E-state index is 0.393. The third-order valence-electron chi connectivity index (χ3n) is 3.08. The second-order valence-electron chi connectivity index (χ2n) is 4.29. The lowest BCUT2D eigenvalue weighted by Gasteiger charge is -2.26. The van der Waals surface area contributed by atoms with E-state index >= 15 is 0 Å². The highest BCUT2D eigenvalue weighted by Crippen LogP contribution is 2.29. The van der Waals surface area contributed by atoms with E-state index in [2.05, 4.69) is 35.9 Å². The van der Waals surface area contributed by atoms with Crippen LogP contribution >= 0.6 is 12.2 Å². The second kappa shape index (κ2) is 5.80. The first kappa shape index (κ1) is 13.5. The molecule has 2 N–H and O–H groups in total. The Morgan fingerprint density at radius 1 is 1.26 bits per heavy atom. The number of thiocarbonyl (C=S) groups is 1. The summed E-state index contributed by atoms with van der Waals surface area (Å²) in [6.07, 6.45) is 3.52. The summed E-state index contributed by atoms with van der Waals surface area (Å²) < 4.78 is 0. The van der Waals surface area contributed by atoms with Gasteiger partial charge in [-0.1, -0.05) is 30.4 Å². The maximum absolute atomic E-state index is 5.80. The van der Waals surface area contributed by atoms with Crippen molar-refractivity contribution in [3.63, 3.8) is 0 Å². The van der Waals surface area contributed by atoms with Crippen LogP contribution in [0.5, 0.6) is 0 Å². The third-order valence-corrected chi connectivity index (χ3v) is 3.30. The van der Waals surface area contributed by atoms with Crippen LogP contribution in [0.25, 0.3) is 0 Å². The average molecular weight is 271 g/mol. The summed E-state index contributed by atoms with van der Waals surface area (Å²) in [5, 5.41) is 0. The molecule has 0 spiro atoms. The van der Waals surface area contributed by atoms with Crippen molar-refractivity contribution in [2.75, 3.05) is 11.4 Å². The van der Waals surface area contributed by atoms with Crippen LogP contribution in [0.2, 0.25) is 0 Å². The summed E-state index contributed by atoms with van der Waals surface area (Å²) in [6, 6.07) is 10.1. The maximum Gasteiger partial charge on any atom is 0.106 e. The molecule has 0 aliphatic carbocycles. The Bertz CT molecular complexity index is 595. The zero-order valence-corrected chi connectivity index (χ0v) is 11.9. The van der Waals surface area contributed by atoms with Gasteiger partial charge in [-0.15, -0.1) is 0 Å². The number of anilines is 2. The molecule has 0 saturated carbocycles. The van der Waals surface area contributed by atoms with Gasteiger partial charge in [0.2, 0.25) is 0 Å². The summed E-state index contributed by atoms with van der Waals surface area (Å²) in [7, 11) is 0. The molecule has 3 nitrogen and oxygen atoms in total. The van der Waals surface area contributed by atoms with Crippen molar-refractivity contribution < 1.29 is 0 Å². The number of aromatic nitrogens is 1. The highest BCUT2D eigenvalue weighted by molar-refractivity contribution is 7.80. The number of pyridine rings is 1. The Kier molecular flexibility index (Phi) is 4.12. The summed E-state index contributed by atoms with van der Waals surface area (Å²) in [6.45, 7) is 5.02. The molecule has 1 heterocycles. The monoisotopic (exact) mass is 271 g/mol. The molecule has 0 aliphatic rings. The first-order valence-corrected chi connectivity index (χ1v) is 6.63. The van der Waals surface area contributed by atoms with E-state index in [1.54, 1.807) is 6.20 Å². The van der Waals surface area contributed by atoms with Crippen molar-refractivity contribution >= 4 is 28.6 Å². The lowest BCUT2D eigenvalue weighted by molar-refractivity contribution is 1.01. The first-order valence-electron chi connectivity index (χ1n) is 6.22. The molecule has 0 atom stereocenters. The normalized spacial score (nSPS) is 10.2. The van der Waals surface area contributed by atoms with Crippen LogP contribution in [-0.4, -0.2) is 16.5 Å². The first-order chi connectivity index (χ1) is 9.15. The number of benzene rings is 1. The molecular formula is C15H17N3S. The number of nitrogens with two attached hydrogens (primary N) is 1. The van der Waals surface area contributed by atoms with Crippen molar-refractivity contribution in [2.45, 2.75) is 13.8 Å². The standard InChI is InChI=1S/C15H17N3S/c1-3-18(13-7-5-4-6-11(13)2)14-10-17-9-8-12(14)15(16)19/h4-10H,3H2,1-2H3,(H2,16,19). The fourth-order valence-electron chi connectivity index (χ4n) is 2.15. The number of rotatable bonds is 4. The van der Waals surface area contributed by atoms with Gasteiger partial charge in [0.15, 0.2) is 0 Å². The lowest BCUT2D eigenvalue weighted by Crippen LogP contribution is -2.22. The zero-order valence-electron chi connectivity index (χ0n) is 11.1. The van der Waals surface area contributed by atoms with Gasteiger partial charge < -0.3 is 10.6 Å². The van der Waals surface area contributed by atoms with Crippen molar-refractivity contribution in [1.29, 1.82) is 0 Å². The Labute approximate surface area is 119 Å². The Balaban J connectivity index is 2.55. The average Bonchev–Trinajstić information content (AvgIpc) is 2.42. The molecular weight excluding hydrogens is 254 g/mol. The number of hydrogen-bond acceptors (Lipinski definition) is 3. The van der Waals surface area contributed by atoms with E-state index in [9.17, 15) is 0 Å². The van der Waals surface area contributed by atoms with Crippen molar-refractivity contribution in [1.82, 2.24) is 4.98 Å². The van der Waals surface area contributed by atoms with Crippen LogP contribution in [0.15, 0.2) is 42.7 Å². The molecule has 1 aromatic carbocycles. The topological polar surface area (TPSA) is 42.2 Å². The second-order valence-corrected chi connectivity index (χ2v) is 4.73. The number of aryl methyl sites for hydroxylation is 1. The Morgan fingerprint density at radius 3 is 2.63 bits per heavy atom. The van der Waals surface area contributed by atoms with Gasteiger partial charge in [-0.3, -0.25) is 4.98 Å². The molecule has 0 unspecified atom stereocenters. The zero-order chi connectivity index (χ0) is 13.8. The molecule has 0 radical (unpaired) electrons. The SMILES string of the molecule is CCN(c1ccccc1C)c1cnccc1C(N)=S. The van der Waals surface area contributed by atoms with Crippen LogP contribution < -0.4 is 10.6 Å². The molecule has 0 bridgehead atoms.